The van der Waals surface area contributed by atoms with Gasteiger partial charge >= 0.3 is 0 Å². The monoisotopic (exact) mass is 445 g/mol. The second-order valence-electron chi connectivity index (χ2n) is 6.76. The maximum atomic E-state index is 10.3. The summed E-state index contributed by atoms with van der Waals surface area (Å²) >= 11 is 12.7. The molecule has 0 radical (unpaired) electrons. The molecule has 158 valence electrons. The van der Waals surface area contributed by atoms with Gasteiger partial charge in [-0.05, 0) is 30.2 Å². The highest BCUT2D eigenvalue weighted by Gasteiger charge is 2.13. The first-order valence-electron chi connectivity index (χ1n) is 9.83. The van der Waals surface area contributed by atoms with E-state index in [1.807, 2.05) is 67.6 Å². The predicted molar refractivity (Wildman–Crippen MR) is 122 cm³/mol. The van der Waals surface area contributed by atoms with Crippen LogP contribution < -0.4 is 14.8 Å². The Bertz CT molecular complexity index is 950. The summed E-state index contributed by atoms with van der Waals surface area (Å²) in [6.07, 6.45) is -0.588. The molecule has 0 heterocycles. The van der Waals surface area contributed by atoms with E-state index in [1.165, 1.54) is 0 Å². The third-order valence-electron chi connectivity index (χ3n) is 4.59. The van der Waals surface area contributed by atoms with Crippen LogP contribution in [0.4, 0.5) is 0 Å². The average Bonchev–Trinajstić information content (AvgIpc) is 2.76. The van der Waals surface area contributed by atoms with Gasteiger partial charge in [0.1, 0.15) is 6.61 Å². The maximum Gasteiger partial charge on any atom is 0.163 e. The minimum absolute atomic E-state index is 0.316. The van der Waals surface area contributed by atoms with Crippen LogP contribution in [0.1, 0.15) is 29.7 Å². The molecule has 0 aliphatic carbocycles. The van der Waals surface area contributed by atoms with Crippen LogP contribution in [0.5, 0.6) is 11.5 Å². The molecular formula is C24H25Cl2NO3. The number of benzene rings is 3. The topological polar surface area (TPSA) is 50.7 Å². The number of hydrogen-bond acceptors (Lipinski definition) is 4. The third-order valence-corrected chi connectivity index (χ3v) is 5.31. The maximum absolute atomic E-state index is 10.3. The van der Waals surface area contributed by atoms with Gasteiger partial charge in [-0.25, -0.2) is 0 Å². The standard InChI is InChI=1S/C24H25Cl2NO3/c1-2-29-23-12-19(14-27-15-22(28)17-8-4-3-5-9-17)21(26)13-24(23)30-16-18-10-6-7-11-20(18)25/h3-13,22,27-28H,2,14-16H2,1H3. The zero-order chi connectivity index (χ0) is 21.3. The van der Waals surface area contributed by atoms with Gasteiger partial charge in [-0.3, -0.25) is 0 Å². The Balaban J connectivity index is 1.65. The SMILES string of the molecule is CCOc1cc(CNCC(O)c2ccccc2)c(Cl)cc1OCc1ccccc1Cl. The highest BCUT2D eigenvalue weighted by atomic mass is 35.5. The molecule has 0 spiro atoms. The van der Waals surface area contributed by atoms with Gasteiger partial charge in [0.2, 0.25) is 0 Å². The van der Waals surface area contributed by atoms with Gasteiger partial charge in [0.05, 0.1) is 12.7 Å². The molecule has 0 bridgehead atoms. The molecule has 3 rings (SSSR count). The van der Waals surface area contributed by atoms with E-state index in [1.54, 1.807) is 6.07 Å². The second-order valence-corrected chi connectivity index (χ2v) is 7.58. The highest BCUT2D eigenvalue weighted by Crippen LogP contribution is 2.34. The Morgan fingerprint density at radius 3 is 2.30 bits per heavy atom. The van der Waals surface area contributed by atoms with E-state index in [0.29, 0.717) is 47.8 Å². The third kappa shape index (κ3) is 6.13. The molecule has 0 aromatic heterocycles. The first kappa shape index (κ1) is 22.4. The van der Waals surface area contributed by atoms with Gasteiger partial charge in [-0.1, -0.05) is 71.7 Å². The van der Waals surface area contributed by atoms with Crippen LogP contribution in [0, 0.1) is 0 Å². The van der Waals surface area contributed by atoms with Gasteiger partial charge < -0.3 is 19.9 Å². The van der Waals surface area contributed by atoms with Crippen molar-refractivity contribution >= 4 is 23.2 Å². The smallest absolute Gasteiger partial charge is 0.163 e. The molecular weight excluding hydrogens is 421 g/mol. The predicted octanol–water partition coefficient (Wildman–Crippen LogP) is 5.79. The van der Waals surface area contributed by atoms with E-state index in [4.69, 9.17) is 32.7 Å². The number of ether oxygens (including phenoxy) is 2. The number of rotatable bonds is 10. The van der Waals surface area contributed by atoms with Gasteiger partial charge in [0, 0.05) is 34.8 Å². The van der Waals surface area contributed by atoms with Crippen molar-refractivity contribution in [3.05, 3.63) is 93.5 Å². The molecule has 0 saturated carbocycles. The summed E-state index contributed by atoms with van der Waals surface area (Å²) in [6.45, 7) is 3.64. The number of hydrogen-bond donors (Lipinski definition) is 2. The number of aliphatic hydroxyl groups excluding tert-OH is 1. The van der Waals surface area contributed by atoms with Crippen molar-refractivity contribution in [2.45, 2.75) is 26.2 Å². The molecule has 30 heavy (non-hydrogen) atoms. The lowest BCUT2D eigenvalue weighted by Gasteiger charge is -2.16. The first-order chi connectivity index (χ1) is 14.6. The first-order valence-corrected chi connectivity index (χ1v) is 10.6. The number of nitrogens with one attached hydrogen (secondary N) is 1. The van der Waals surface area contributed by atoms with Crippen LogP contribution >= 0.6 is 23.2 Å². The molecule has 6 heteroatoms. The van der Waals surface area contributed by atoms with Crippen LogP contribution in [0.2, 0.25) is 10.0 Å². The molecule has 0 amide bonds. The van der Waals surface area contributed by atoms with Crippen LogP contribution in [0.15, 0.2) is 66.7 Å². The van der Waals surface area contributed by atoms with E-state index in [2.05, 4.69) is 5.32 Å². The lowest BCUT2D eigenvalue weighted by atomic mass is 10.1. The summed E-state index contributed by atoms with van der Waals surface area (Å²) in [6, 6.07) is 20.7. The van der Waals surface area contributed by atoms with Crippen molar-refractivity contribution in [1.29, 1.82) is 0 Å². The van der Waals surface area contributed by atoms with E-state index in [9.17, 15) is 5.11 Å². The minimum atomic E-state index is -0.588. The zero-order valence-corrected chi connectivity index (χ0v) is 18.3. The summed E-state index contributed by atoms with van der Waals surface area (Å²) in [5, 5.41) is 14.8. The molecule has 0 fully saturated rings. The fourth-order valence-corrected chi connectivity index (χ4v) is 3.41. The Kier molecular flexibility index (Phi) is 8.40. The number of halogens is 2. The summed E-state index contributed by atoms with van der Waals surface area (Å²) in [4.78, 5) is 0. The van der Waals surface area contributed by atoms with Gasteiger partial charge in [0.25, 0.3) is 0 Å². The lowest BCUT2D eigenvalue weighted by molar-refractivity contribution is 0.174. The molecule has 1 unspecified atom stereocenters. The van der Waals surface area contributed by atoms with Crippen molar-refractivity contribution in [3.63, 3.8) is 0 Å². The van der Waals surface area contributed by atoms with Crippen LogP contribution in [-0.4, -0.2) is 18.3 Å². The Morgan fingerprint density at radius 2 is 1.57 bits per heavy atom. The molecule has 3 aromatic carbocycles. The largest absolute Gasteiger partial charge is 0.490 e. The van der Waals surface area contributed by atoms with Crippen molar-refractivity contribution in [2.75, 3.05) is 13.2 Å². The minimum Gasteiger partial charge on any atom is -0.490 e. The number of aliphatic hydroxyl groups is 1. The van der Waals surface area contributed by atoms with Gasteiger partial charge in [0.15, 0.2) is 11.5 Å². The fourth-order valence-electron chi connectivity index (χ4n) is 3.00. The lowest BCUT2D eigenvalue weighted by Crippen LogP contribution is -2.21. The van der Waals surface area contributed by atoms with E-state index < -0.39 is 6.10 Å². The summed E-state index contributed by atoms with van der Waals surface area (Å²) in [5.74, 6) is 1.18. The Morgan fingerprint density at radius 1 is 0.867 bits per heavy atom. The molecule has 4 nitrogen and oxygen atoms in total. The normalized spacial score (nSPS) is 11.9. The van der Waals surface area contributed by atoms with Crippen molar-refractivity contribution in [1.82, 2.24) is 5.32 Å². The Hall–Kier alpha value is -2.24. The summed E-state index contributed by atoms with van der Waals surface area (Å²) in [5.41, 5.74) is 2.62. The molecule has 1 atom stereocenters. The van der Waals surface area contributed by atoms with Crippen molar-refractivity contribution in [2.24, 2.45) is 0 Å². The molecule has 2 N–H and O–H groups in total. The molecule has 0 aliphatic rings. The highest BCUT2D eigenvalue weighted by molar-refractivity contribution is 6.31. The zero-order valence-electron chi connectivity index (χ0n) is 16.8. The van der Waals surface area contributed by atoms with Crippen LogP contribution in [0.25, 0.3) is 0 Å². The van der Waals surface area contributed by atoms with Crippen molar-refractivity contribution in [3.8, 4) is 11.5 Å². The van der Waals surface area contributed by atoms with Crippen molar-refractivity contribution < 1.29 is 14.6 Å². The average molecular weight is 446 g/mol. The van der Waals surface area contributed by atoms with Crippen LogP contribution in [-0.2, 0) is 13.2 Å². The summed E-state index contributed by atoms with van der Waals surface area (Å²) in [7, 11) is 0. The molecule has 0 saturated heterocycles. The molecule has 0 aliphatic heterocycles. The Labute approximate surface area is 187 Å². The van der Waals surface area contributed by atoms with Gasteiger partial charge in [-0.15, -0.1) is 0 Å². The van der Waals surface area contributed by atoms with Crippen LogP contribution in [0.3, 0.4) is 0 Å². The fraction of sp³-hybridized carbons (Fsp3) is 0.250. The quantitative estimate of drug-likeness (QED) is 0.414. The van der Waals surface area contributed by atoms with E-state index in [0.717, 1.165) is 16.7 Å². The van der Waals surface area contributed by atoms with E-state index in [-0.39, 0.29) is 0 Å². The van der Waals surface area contributed by atoms with E-state index >= 15 is 0 Å². The van der Waals surface area contributed by atoms with Gasteiger partial charge in [-0.2, -0.15) is 0 Å². The summed E-state index contributed by atoms with van der Waals surface area (Å²) < 4.78 is 11.7. The molecule has 3 aromatic rings. The second kappa shape index (κ2) is 11.2.